The minimum absolute atomic E-state index is 0.0200. The summed E-state index contributed by atoms with van der Waals surface area (Å²) >= 11 is 5.88. The molecule has 1 atom stereocenters. The Labute approximate surface area is 225 Å². The van der Waals surface area contributed by atoms with Crippen LogP contribution < -0.4 is 10.6 Å². The van der Waals surface area contributed by atoms with Gasteiger partial charge in [-0.25, -0.2) is 14.4 Å². The Morgan fingerprint density at radius 1 is 1.18 bits per heavy atom. The highest BCUT2D eigenvalue weighted by molar-refractivity contribution is 6.31. The van der Waals surface area contributed by atoms with Crippen molar-refractivity contribution < 1.29 is 23.8 Å². The number of fused-ring (bicyclic) bond motifs is 1. The molecule has 0 aliphatic heterocycles. The second kappa shape index (κ2) is 12.8. The number of hydrogen-bond donors (Lipinski definition) is 3. The largest absolute Gasteiger partial charge is 0.459 e. The fraction of sp³-hybridized carbons (Fsp3) is 0.333. The number of benzene rings is 2. The second-order valence-electron chi connectivity index (χ2n) is 9.73. The lowest BCUT2D eigenvalue weighted by molar-refractivity contribution is -0.156. The Hall–Kier alpha value is -3.60. The molecule has 0 aliphatic carbocycles. The number of rotatable bonds is 10. The zero-order chi connectivity index (χ0) is 27.9. The molecule has 0 saturated carbocycles. The highest BCUT2D eigenvalue weighted by Gasteiger charge is 2.19. The normalized spacial score (nSPS) is 12.6. The summed E-state index contributed by atoms with van der Waals surface area (Å²) in [5.74, 6) is -0.862. The van der Waals surface area contributed by atoms with E-state index in [-0.39, 0.29) is 30.6 Å². The molecule has 3 N–H and O–H groups in total. The third kappa shape index (κ3) is 9.05. The van der Waals surface area contributed by atoms with Gasteiger partial charge in [0.1, 0.15) is 23.6 Å². The van der Waals surface area contributed by atoms with E-state index in [4.69, 9.17) is 16.3 Å². The Morgan fingerprint density at radius 2 is 1.92 bits per heavy atom. The average Bonchev–Trinajstić information content (AvgIpc) is 2.80. The van der Waals surface area contributed by atoms with Gasteiger partial charge in [0, 0.05) is 35.9 Å². The van der Waals surface area contributed by atoms with Crippen LogP contribution in [0.1, 0.15) is 27.7 Å². The molecule has 0 spiro atoms. The fourth-order valence-electron chi connectivity index (χ4n) is 3.57. The number of carbonyl (C=O) groups excluding carboxylic acids is 2. The Kier molecular flexibility index (Phi) is 9.73. The zero-order valence-electron chi connectivity index (χ0n) is 21.7. The topological polar surface area (TPSA) is 117 Å². The maximum atomic E-state index is 13.5. The van der Waals surface area contributed by atoms with Crippen molar-refractivity contribution in [2.24, 2.45) is 0 Å². The maximum Gasteiger partial charge on any atom is 0.320 e. The van der Waals surface area contributed by atoms with Gasteiger partial charge in [-0.15, -0.1) is 0 Å². The Balaban J connectivity index is 1.67. The van der Waals surface area contributed by atoms with Gasteiger partial charge >= 0.3 is 5.97 Å². The number of aromatic nitrogens is 2. The molecule has 1 amide bonds. The number of aliphatic hydroxyl groups is 1. The summed E-state index contributed by atoms with van der Waals surface area (Å²) in [6.45, 7) is 7.45. The van der Waals surface area contributed by atoms with Gasteiger partial charge in [-0.05, 0) is 64.1 Å². The zero-order valence-corrected chi connectivity index (χ0v) is 22.4. The van der Waals surface area contributed by atoms with Gasteiger partial charge in [0.05, 0.1) is 23.2 Å². The van der Waals surface area contributed by atoms with Gasteiger partial charge in [-0.3, -0.25) is 14.5 Å². The van der Waals surface area contributed by atoms with Crippen molar-refractivity contribution in [1.29, 1.82) is 0 Å². The molecule has 38 heavy (non-hydrogen) atoms. The van der Waals surface area contributed by atoms with Crippen molar-refractivity contribution in [2.75, 3.05) is 30.3 Å². The second-order valence-corrected chi connectivity index (χ2v) is 10.1. The molecule has 9 nitrogen and oxygen atoms in total. The maximum absolute atomic E-state index is 13.5. The first-order chi connectivity index (χ1) is 17.9. The molecule has 1 heterocycles. The van der Waals surface area contributed by atoms with Gasteiger partial charge in [0.15, 0.2) is 0 Å². The van der Waals surface area contributed by atoms with Crippen LogP contribution in [0, 0.1) is 5.82 Å². The molecule has 11 heteroatoms. The summed E-state index contributed by atoms with van der Waals surface area (Å²) < 4.78 is 18.8. The summed E-state index contributed by atoms with van der Waals surface area (Å²) in [6, 6.07) is 9.41. The van der Waals surface area contributed by atoms with Crippen LogP contribution in [0.3, 0.4) is 0 Å². The van der Waals surface area contributed by atoms with Crippen LogP contribution in [0.2, 0.25) is 5.02 Å². The summed E-state index contributed by atoms with van der Waals surface area (Å²) in [4.78, 5) is 34.9. The van der Waals surface area contributed by atoms with Gasteiger partial charge < -0.3 is 20.5 Å². The number of amides is 1. The number of halogens is 2. The Morgan fingerprint density at radius 3 is 2.61 bits per heavy atom. The van der Waals surface area contributed by atoms with E-state index in [0.29, 0.717) is 28.1 Å². The number of anilines is 3. The Bertz CT molecular complexity index is 1330. The molecule has 1 aromatic heterocycles. The third-order valence-corrected chi connectivity index (χ3v) is 5.30. The van der Waals surface area contributed by atoms with Crippen molar-refractivity contribution in [1.82, 2.24) is 14.9 Å². The van der Waals surface area contributed by atoms with Crippen molar-refractivity contribution >= 4 is 51.6 Å². The van der Waals surface area contributed by atoms with Crippen LogP contribution in [0.4, 0.5) is 21.6 Å². The summed E-state index contributed by atoms with van der Waals surface area (Å²) in [5.41, 5.74) is 1.08. The van der Waals surface area contributed by atoms with Crippen molar-refractivity contribution in [3.05, 3.63) is 65.7 Å². The van der Waals surface area contributed by atoms with Crippen LogP contribution in [0.5, 0.6) is 0 Å². The predicted octanol–water partition coefficient (Wildman–Crippen LogP) is 4.69. The van der Waals surface area contributed by atoms with E-state index in [9.17, 15) is 19.1 Å². The molecule has 0 saturated heterocycles. The van der Waals surface area contributed by atoms with E-state index in [0.717, 1.165) is 0 Å². The minimum atomic E-state index is -0.659. The fourth-order valence-corrected chi connectivity index (χ4v) is 3.75. The lowest BCUT2D eigenvalue weighted by Gasteiger charge is -2.25. The summed E-state index contributed by atoms with van der Waals surface area (Å²) in [5, 5.41) is 16.3. The van der Waals surface area contributed by atoms with Crippen LogP contribution in [-0.4, -0.2) is 63.2 Å². The van der Waals surface area contributed by atoms with Crippen LogP contribution in [0.15, 0.2) is 54.9 Å². The molecular formula is C27H31ClFN5O4. The van der Waals surface area contributed by atoms with Crippen LogP contribution in [-0.2, 0) is 14.3 Å². The molecule has 3 aromatic rings. The summed E-state index contributed by atoms with van der Waals surface area (Å²) in [6.07, 6.45) is 3.70. The van der Waals surface area contributed by atoms with Gasteiger partial charge in [0.2, 0.25) is 5.91 Å². The monoisotopic (exact) mass is 543 g/mol. The van der Waals surface area contributed by atoms with Gasteiger partial charge in [0.25, 0.3) is 0 Å². The minimum Gasteiger partial charge on any atom is -0.459 e. The number of hydrogen-bond acceptors (Lipinski definition) is 8. The number of esters is 1. The van der Waals surface area contributed by atoms with E-state index in [1.807, 2.05) is 0 Å². The highest BCUT2D eigenvalue weighted by atomic mass is 35.5. The number of aliphatic hydroxyl groups excluding tert-OH is 1. The van der Waals surface area contributed by atoms with Crippen molar-refractivity contribution in [2.45, 2.75) is 39.4 Å². The third-order valence-electron chi connectivity index (χ3n) is 5.01. The average molecular weight is 544 g/mol. The van der Waals surface area contributed by atoms with Crippen LogP contribution in [0.25, 0.3) is 10.9 Å². The smallest absolute Gasteiger partial charge is 0.320 e. The van der Waals surface area contributed by atoms with E-state index >= 15 is 0 Å². The first-order valence-electron chi connectivity index (χ1n) is 12.0. The van der Waals surface area contributed by atoms with Gasteiger partial charge in [-0.2, -0.15) is 0 Å². The van der Waals surface area contributed by atoms with E-state index in [2.05, 4.69) is 20.6 Å². The number of ether oxygens (including phenoxy) is 1. The molecule has 202 valence electrons. The highest BCUT2D eigenvalue weighted by Crippen LogP contribution is 2.27. The first kappa shape index (κ1) is 29.0. The number of nitrogens with one attached hydrogen (secondary N) is 2. The van der Waals surface area contributed by atoms with Gasteiger partial charge in [-0.1, -0.05) is 17.7 Å². The molecule has 0 fully saturated rings. The first-order valence-corrected chi connectivity index (χ1v) is 12.3. The molecular weight excluding hydrogens is 513 g/mol. The molecule has 0 radical (unpaired) electrons. The standard InChI is InChI=1S/C27H31ClFN5O4/c1-17(35)14-34(15-25(37)38-27(2,3)4)11-5-6-24(36)32-18-8-10-23-20(12-18)26(31-16-30-23)33-19-7-9-22(29)21(28)13-19/h5-10,12-13,16-17,35H,11,14-15H2,1-4H3,(H,32,36)(H,30,31,33). The lowest BCUT2D eigenvalue weighted by Crippen LogP contribution is -2.38. The van der Waals surface area contributed by atoms with Crippen LogP contribution >= 0.6 is 11.6 Å². The predicted molar refractivity (Wildman–Crippen MR) is 146 cm³/mol. The molecule has 0 aliphatic rings. The quantitative estimate of drug-likeness (QED) is 0.249. The molecule has 2 aromatic carbocycles. The summed E-state index contributed by atoms with van der Waals surface area (Å²) in [7, 11) is 0. The van der Waals surface area contributed by atoms with E-state index in [1.54, 1.807) is 56.9 Å². The van der Waals surface area contributed by atoms with Crippen molar-refractivity contribution in [3.63, 3.8) is 0 Å². The van der Waals surface area contributed by atoms with Crippen molar-refractivity contribution in [3.8, 4) is 0 Å². The molecule has 3 rings (SSSR count). The molecule has 0 bridgehead atoms. The SMILES string of the molecule is CC(O)CN(CC=CC(=O)Nc1ccc2ncnc(Nc3ccc(F)c(Cl)c3)c2c1)CC(=O)OC(C)(C)C. The lowest BCUT2D eigenvalue weighted by atomic mass is 10.2. The molecule has 1 unspecified atom stereocenters. The van der Waals surface area contributed by atoms with E-state index in [1.165, 1.54) is 30.6 Å². The number of carbonyl (C=O) groups is 2. The van der Waals surface area contributed by atoms with E-state index < -0.39 is 23.5 Å². The number of nitrogens with zero attached hydrogens (tertiary/aromatic N) is 3.